The standard InChI is InChI=1S/C17H26N2O2/c1-3-9-19(10-4-2)14-7-5-13-6-8-16(21)17(18-12-20)15(13)11-14/h6,8,12,14,21H,3-5,7,9-11H2,1-2H3,(H,18,20). The number of aromatic hydroxyl groups is 1. The predicted molar refractivity (Wildman–Crippen MR) is 85.8 cm³/mol. The first-order valence-corrected chi connectivity index (χ1v) is 7.99. The molecule has 0 aromatic heterocycles. The van der Waals surface area contributed by atoms with E-state index in [0.29, 0.717) is 18.1 Å². The van der Waals surface area contributed by atoms with E-state index in [4.69, 9.17) is 0 Å². The van der Waals surface area contributed by atoms with Crippen molar-refractivity contribution in [3.05, 3.63) is 23.3 Å². The average Bonchev–Trinajstić information content (AvgIpc) is 2.49. The van der Waals surface area contributed by atoms with Crippen LogP contribution in [0.2, 0.25) is 0 Å². The van der Waals surface area contributed by atoms with Crippen molar-refractivity contribution >= 4 is 12.1 Å². The van der Waals surface area contributed by atoms with Crippen molar-refractivity contribution < 1.29 is 9.90 Å². The van der Waals surface area contributed by atoms with Gasteiger partial charge >= 0.3 is 0 Å². The lowest BCUT2D eigenvalue weighted by Gasteiger charge is -2.35. The number of hydrogen-bond donors (Lipinski definition) is 2. The summed E-state index contributed by atoms with van der Waals surface area (Å²) in [6.07, 6.45) is 6.02. The van der Waals surface area contributed by atoms with Crippen LogP contribution in [0.4, 0.5) is 5.69 Å². The van der Waals surface area contributed by atoms with E-state index in [1.807, 2.05) is 6.07 Å². The fourth-order valence-corrected chi connectivity index (χ4v) is 3.39. The van der Waals surface area contributed by atoms with Crippen LogP contribution >= 0.6 is 0 Å². The molecule has 0 bridgehead atoms. The summed E-state index contributed by atoms with van der Waals surface area (Å²) in [7, 11) is 0. The molecule has 1 aliphatic rings. The number of benzene rings is 1. The first kappa shape index (κ1) is 15.8. The maximum Gasteiger partial charge on any atom is 0.211 e. The monoisotopic (exact) mass is 290 g/mol. The van der Waals surface area contributed by atoms with Crippen molar-refractivity contribution in [3.8, 4) is 5.75 Å². The lowest BCUT2D eigenvalue weighted by molar-refractivity contribution is -0.105. The second kappa shape index (κ2) is 7.46. The molecule has 1 atom stereocenters. The van der Waals surface area contributed by atoms with Crippen LogP contribution in [0.15, 0.2) is 12.1 Å². The van der Waals surface area contributed by atoms with Crippen LogP contribution in [0, 0.1) is 0 Å². The Morgan fingerprint density at radius 3 is 2.67 bits per heavy atom. The summed E-state index contributed by atoms with van der Waals surface area (Å²) in [5.74, 6) is 0.166. The van der Waals surface area contributed by atoms with Gasteiger partial charge in [-0.15, -0.1) is 0 Å². The first-order valence-electron chi connectivity index (χ1n) is 7.99. The van der Waals surface area contributed by atoms with E-state index in [-0.39, 0.29) is 5.75 Å². The minimum absolute atomic E-state index is 0.166. The molecule has 4 nitrogen and oxygen atoms in total. The van der Waals surface area contributed by atoms with Gasteiger partial charge in [-0.1, -0.05) is 19.9 Å². The molecular weight excluding hydrogens is 264 g/mol. The molecule has 1 aromatic carbocycles. The van der Waals surface area contributed by atoms with Gasteiger partial charge in [0.15, 0.2) is 0 Å². The quantitative estimate of drug-likeness (QED) is 0.599. The van der Waals surface area contributed by atoms with E-state index in [2.05, 4.69) is 24.1 Å². The zero-order valence-corrected chi connectivity index (χ0v) is 13.1. The van der Waals surface area contributed by atoms with Gasteiger partial charge in [0.05, 0.1) is 5.69 Å². The molecule has 0 aliphatic heterocycles. The van der Waals surface area contributed by atoms with Gasteiger partial charge in [0, 0.05) is 6.04 Å². The molecule has 21 heavy (non-hydrogen) atoms. The van der Waals surface area contributed by atoms with Crippen LogP contribution in [0.5, 0.6) is 5.75 Å². The van der Waals surface area contributed by atoms with Crippen molar-refractivity contribution in [2.45, 2.75) is 52.0 Å². The van der Waals surface area contributed by atoms with E-state index >= 15 is 0 Å². The molecule has 0 heterocycles. The molecule has 0 radical (unpaired) electrons. The maximum absolute atomic E-state index is 10.8. The summed E-state index contributed by atoms with van der Waals surface area (Å²) < 4.78 is 0. The molecule has 1 amide bonds. The molecule has 1 aliphatic carbocycles. The van der Waals surface area contributed by atoms with E-state index < -0.39 is 0 Å². The minimum atomic E-state index is 0.166. The Hall–Kier alpha value is -1.55. The molecule has 0 saturated carbocycles. The zero-order chi connectivity index (χ0) is 15.2. The highest BCUT2D eigenvalue weighted by molar-refractivity contribution is 5.78. The van der Waals surface area contributed by atoms with E-state index in [1.54, 1.807) is 6.07 Å². The number of nitrogens with zero attached hydrogens (tertiary/aromatic N) is 1. The van der Waals surface area contributed by atoms with E-state index in [1.165, 1.54) is 5.56 Å². The largest absolute Gasteiger partial charge is 0.506 e. The SMILES string of the molecule is CCCN(CCC)C1CCc2ccc(O)c(NC=O)c2C1. The van der Waals surface area contributed by atoms with E-state index in [9.17, 15) is 9.90 Å². The molecule has 2 rings (SSSR count). The Labute approximate surface area is 127 Å². The second-order valence-electron chi connectivity index (χ2n) is 5.79. The van der Waals surface area contributed by atoms with Crippen LogP contribution in [-0.4, -0.2) is 35.5 Å². The summed E-state index contributed by atoms with van der Waals surface area (Å²) in [6.45, 7) is 6.65. The van der Waals surface area contributed by atoms with Crippen molar-refractivity contribution in [3.63, 3.8) is 0 Å². The van der Waals surface area contributed by atoms with Gasteiger partial charge < -0.3 is 15.3 Å². The van der Waals surface area contributed by atoms with Gasteiger partial charge in [-0.3, -0.25) is 4.79 Å². The van der Waals surface area contributed by atoms with Gasteiger partial charge in [-0.25, -0.2) is 0 Å². The lowest BCUT2D eigenvalue weighted by Crippen LogP contribution is -2.40. The summed E-state index contributed by atoms with van der Waals surface area (Å²) in [4.78, 5) is 13.4. The number of aryl methyl sites for hydroxylation is 1. The zero-order valence-electron chi connectivity index (χ0n) is 13.1. The number of fused-ring (bicyclic) bond motifs is 1. The number of phenols is 1. The summed E-state index contributed by atoms with van der Waals surface area (Å²) in [5, 5.41) is 12.7. The van der Waals surface area contributed by atoms with Crippen LogP contribution < -0.4 is 5.32 Å². The Bertz CT molecular complexity index is 482. The summed E-state index contributed by atoms with van der Waals surface area (Å²) in [5.41, 5.74) is 2.96. The normalized spacial score (nSPS) is 17.6. The smallest absolute Gasteiger partial charge is 0.211 e. The summed E-state index contributed by atoms with van der Waals surface area (Å²) in [6, 6.07) is 4.17. The van der Waals surface area contributed by atoms with Crippen LogP contribution in [0.1, 0.15) is 44.2 Å². The van der Waals surface area contributed by atoms with Gasteiger partial charge in [-0.05, 0) is 62.4 Å². The molecule has 4 heteroatoms. The van der Waals surface area contributed by atoms with Gasteiger partial charge in [0.2, 0.25) is 6.41 Å². The van der Waals surface area contributed by atoms with Crippen molar-refractivity contribution in [2.24, 2.45) is 0 Å². The Morgan fingerprint density at radius 1 is 1.33 bits per heavy atom. The Morgan fingerprint density at radius 2 is 2.05 bits per heavy atom. The fraction of sp³-hybridized carbons (Fsp3) is 0.588. The number of rotatable bonds is 7. The molecule has 0 saturated heterocycles. The molecule has 1 aromatic rings. The van der Waals surface area contributed by atoms with E-state index in [0.717, 1.165) is 50.8 Å². The van der Waals surface area contributed by atoms with Crippen LogP contribution in [-0.2, 0) is 17.6 Å². The second-order valence-corrected chi connectivity index (χ2v) is 5.79. The lowest BCUT2D eigenvalue weighted by atomic mass is 9.86. The third-order valence-corrected chi connectivity index (χ3v) is 4.32. The number of carbonyl (C=O) groups is 1. The highest BCUT2D eigenvalue weighted by atomic mass is 16.3. The van der Waals surface area contributed by atoms with Crippen LogP contribution in [0.3, 0.4) is 0 Å². The third kappa shape index (κ3) is 3.56. The van der Waals surface area contributed by atoms with Crippen LogP contribution in [0.25, 0.3) is 0 Å². The number of hydrogen-bond acceptors (Lipinski definition) is 3. The number of anilines is 1. The summed E-state index contributed by atoms with van der Waals surface area (Å²) >= 11 is 0. The number of amides is 1. The molecule has 0 spiro atoms. The van der Waals surface area contributed by atoms with Crippen molar-refractivity contribution in [1.82, 2.24) is 4.90 Å². The molecule has 2 N–H and O–H groups in total. The molecule has 1 unspecified atom stereocenters. The van der Waals surface area contributed by atoms with Crippen molar-refractivity contribution in [1.29, 1.82) is 0 Å². The number of phenolic OH excluding ortho intramolecular Hbond substituents is 1. The number of carbonyl (C=O) groups excluding carboxylic acids is 1. The van der Waals surface area contributed by atoms with Gasteiger partial charge in [0.25, 0.3) is 0 Å². The van der Waals surface area contributed by atoms with Crippen molar-refractivity contribution in [2.75, 3.05) is 18.4 Å². The Kier molecular flexibility index (Phi) is 5.62. The maximum atomic E-state index is 10.8. The number of nitrogens with one attached hydrogen (secondary N) is 1. The first-order chi connectivity index (χ1) is 10.2. The predicted octanol–water partition coefficient (Wildman–Crippen LogP) is 2.94. The topological polar surface area (TPSA) is 52.6 Å². The molecule has 116 valence electrons. The minimum Gasteiger partial charge on any atom is -0.506 e. The fourth-order valence-electron chi connectivity index (χ4n) is 3.39. The molecular formula is C17H26N2O2. The molecule has 0 fully saturated rings. The van der Waals surface area contributed by atoms with Gasteiger partial charge in [-0.2, -0.15) is 0 Å². The van der Waals surface area contributed by atoms with Gasteiger partial charge in [0.1, 0.15) is 5.75 Å². The average molecular weight is 290 g/mol. The third-order valence-electron chi connectivity index (χ3n) is 4.32. The Balaban J connectivity index is 2.24. The highest BCUT2D eigenvalue weighted by Gasteiger charge is 2.26. The highest BCUT2D eigenvalue weighted by Crippen LogP contribution is 2.35.